The number of hydrogen-bond donors (Lipinski definition) is 2. The molecule has 6 heteroatoms. The number of H-pyrrole nitrogens is 1. The van der Waals surface area contributed by atoms with Crippen molar-refractivity contribution in [2.75, 3.05) is 7.11 Å². The van der Waals surface area contributed by atoms with Crippen molar-refractivity contribution in [3.63, 3.8) is 0 Å². The molecule has 6 nitrogen and oxygen atoms in total. The summed E-state index contributed by atoms with van der Waals surface area (Å²) in [5, 5.41) is 0. The van der Waals surface area contributed by atoms with Crippen LogP contribution in [0.5, 0.6) is 0 Å². The summed E-state index contributed by atoms with van der Waals surface area (Å²) in [4.78, 5) is 30.2. The normalized spacial score (nSPS) is 10.8. The molecule has 0 aliphatic rings. The molecule has 1 amide bonds. The molecule has 22 heavy (non-hydrogen) atoms. The van der Waals surface area contributed by atoms with Gasteiger partial charge in [0.2, 0.25) is 0 Å². The van der Waals surface area contributed by atoms with Gasteiger partial charge < -0.3 is 15.5 Å². The van der Waals surface area contributed by atoms with Crippen LogP contribution < -0.4 is 5.73 Å². The topological polar surface area (TPSA) is 97.5 Å². The molecule has 114 valence electrons. The first-order valence-electron chi connectivity index (χ1n) is 6.81. The number of nitrogens with one attached hydrogen (secondary N) is 1. The second-order valence-electron chi connectivity index (χ2n) is 4.60. The highest BCUT2D eigenvalue weighted by molar-refractivity contribution is 5.99. The van der Waals surface area contributed by atoms with Gasteiger partial charge in [-0.3, -0.25) is 4.79 Å². The Morgan fingerprint density at radius 3 is 2.55 bits per heavy atom. The van der Waals surface area contributed by atoms with Crippen molar-refractivity contribution in [3.8, 4) is 11.3 Å². The molecule has 0 bridgehead atoms. The molecule has 0 saturated heterocycles. The predicted octanol–water partition coefficient (Wildman–Crippen LogP) is 2.68. The Bertz CT molecular complexity index is 715. The minimum absolute atomic E-state index is 0.330. The van der Waals surface area contributed by atoms with Crippen molar-refractivity contribution in [2.45, 2.75) is 13.3 Å². The van der Waals surface area contributed by atoms with Crippen molar-refractivity contribution in [1.82, 2.24) is 4.98 Å². The summed E-state index contributed by atoms with van der Waals surface area (Å²) in [7, 11) is 1.33. The van der Waals surface area contributed by atoms with Gasteiger partial charge in [0.25, 0.3) is 5.91 Å². The molecule has 0 fully saturated rings. The van der Waals surface area contributed by atoms with Crippen molar-refractivity contribution in [3.05, 3.63) is 41.5 Å². The van der Waals surface area contributed by atoms with Crippen LogP contribution in [0.25, 0.3) is 11.3 Å². The van der Waals surface area contributed by atoms with Crippen LogP contribution in [0.3, 0.4) is 0 Å². The summed E-state index contributed by atoms with van der Waals surface area (Å²) in [6.07, 6.45) is 2.45. The molecule has 0 unspecified atom stereocenters. The quantitative estimate of drug-likeness (QED) is 0.656. The molecule has 1 aromatic carbocycles. The van der Waals surface area contributed by atoms with Crippen molar-refractivity contribution in [1.29, 1.82) is 0 Å². The SMILES string of the molecule is CCC=Nc1[nH]c(-c2ccc(C(=O)OC)cc2)cc1C(N)=O. The minimum Gasteiger partial charge on any atom is -0.465 e. The molecule has 0 aliphatic carbocycles. The fraction of sp³-hybridized carbons (Fsp3) is 0.188. The number of nitrogens with zero attached hydrogens (tertiary/aromatic N) is 1. The van der Waals surface area contributed by atoms with Crippen LogP contribution in [-0.2, 0) is 4.74 Å². The van der Waals surface area contributed by atoms with Gasteiger partial charge in [-0.1, -0.05) is 19.1 Å². The number of aromatic amines is 1. The van der Waals surface area contributed by atoms with Gasteiger partial charge in [-0.05, 0) is 30.2 Å². The molecule has 1 heterocycles. The second-order valence-corrected chi connectivity index (χ2v) is 4.60. The van der Waals surface area contributed by atoms with E-state index in [-0.39, 0.29) is 0 Å². The number of primary amides is 1. The largest absolute Gasteiger partial charge is 0.465 e. The fourth-order valence-electron chi connectivity index (χ4n) is 1.98. The molecule has 2 rings (SSSR count). The van der Waals surface area contributed by atoms with E-state index in [1.807, 2.05) is 6.92 Å². The van der Waals surface area contributed by atoms with Gasteiger partial charge in [-0.25, -0.2) is 9.79 Å². The second kappa shape index (κ2) is 6.71. The number of hydrogen-bond acceptors (Lipinski definition) is 4. The molecule has 0 spiro atoms. The summed E-state index contributed by atoms with van der Waals surface area (Å²) in [6, 6.07) is 8.48. The molecule has 0 aliphatic heterocycles. The van der Waals surface area contributed by atoms with Gasteiger partial charge in [0.05, 0.1) is 18.2 Å². The van der Waals surface area contributed by atoms with Crippen molar-refractivity contribution >= 4 is 23.9 Å². The lowest BCUT2D eigenvalue weighted by Crippen LogP contribution is -2.09. The molecular weight excluding hydrogens is 282 g/mol. The van der Waals surface area contributed by atoms with Crippen LogP contribution in [0, 0.1) is 0 Å². The number of esters is 1. The Morgan fingerprint density at radius 2 is 2.00 bits per heavy atom. The van der Waals surface area contributed by atoms with E-state index in [0.29, 0.717) is 22.6 Å². The summed E-state index contributed by atoms with van der Waals surface area (Å²) in [5.74, 6) is -0.512. The molecule has 2 aromatic rings. The van der Waals surface area contributed by atoms with Crippen LogP contribution in [0.15, 0.2) is 35.3 Å². The third-order valence-electron chi connectivity index (χ3n) is 3.08. The zero-order valence-electron chi connectivity index (χ0n) is 12.4. The molecule has 1 aromatic heterocycles. The Kier molecular flexibility index (Phi) is 4.73. The average molecular weight is 299 g/mol. The predicted molar refractivity (Wildman–Crippen MR) is 84.5 cm³/mol. The lowest BCUT2D eigenvalue weighted by Gasteiger charge is -2.01. The van der Waals surface area contributed by atoms with Crippen LogP contribution in [0.1, 0.15) is 34.1 Å². The number of nitrogens with two attached hydrogens (primary N) is 1. The summed E-state index contributed by atoms with van der Waals surface area (Å²) in [5.41, 5.74) is 7.67. The van der Waals surface area contributed by atoms with E-state index in [4.69, 9.17) is 5.73 Å². The maximum Gasteiger partial charge on any atom is 0.337 e. The van der Waals surface area contributed by atoms with Crippen LogP contribution in [-0.4, -0.2) is 30.2 Å². The minimum atomic E-state index is -0.545. The Balaban J connectivity index is 2.38. The molecular formula is C16H17N3O3. The number of benzene rings is 1. The average Bonchev–Trinajstić information content (AvgIpc) is 2.96. The third-order valence-corrected chi connectivity index (χ3v) is 3.08. The van der Waals surface area contributed by atoms with Gasteiger partial charge in [0.1, 0.15) is 5.82 Å². The van der Waals surface area contributed by atoms with E-state index in [1.54, 1.807) is 36.5 Å². The van der Waals surface area contributed by atoms with Gasteiger partial charge >= 0.3 is 5.97 Å². The standard InChI is InChI=1S/C16H17N3O3/c1-3-8-18-15-12(14(17)20)9-13(19-15)10-4-6-11(7-5-10)16(21)22-2/h4-9,19H,3H2,1-2H3,(H2,17,20). The Labute approximate surface area is 128 Å². The molecule has 0 radical (unpaired) electrons. The maximum atomic E-state index is 11.5. The van der Waals surface area contributed by atoms with Gasteiger partial charge in [-0.2, -0.15) is 0 Å². The highest BCUT2D eigenvalue weighted by Gasteiger charge is 2.13. The number of carbonyl (C=O) groups excluding carboxylic acids is 2. The Morgan fingerprint density at radius 1 is 1.32 bits per heavy atom. The first kappa shape index (κ1) is 15.5. The van der Waals surface area contributed by atoms with Crippen LogP contribution in [0.4, 0.5) is 5.82 Å². The third kappa shape index (κ3) is 3.22. The van der Waals surface area contributed by atoms with E-state index in [0.717, 1.165) is 12.0 Å². The number of rotatable bonds is 5. The van der Waals surface area contributed by atoms with Gasteiger partial charge in [0, 0.05) is 11.9 Å². The first-order chi connectivity index (χ1) is 10.6. The number of ether oxygens (including phenoxy) is 1. The zero-order valence-corrected chi connectivity index (χ0v) is 12.4. The maximum absolute atomic E-state index is 11.5. The van der Waals surface area contributed by atoms with Gasteiger partial charge in [0.15, 0.2) is 0 Å². The van der Waals surface area contributed by atoms with E-state index < -0.39 is 11.9 Å². The molecule has 3 N–H and O–H groups in total. The van der Waals surface area contributed by atoms with Crippen molar-refractivity contribution < 1.29 is 14.3 Å². The fourth-order valence-corrected chi connectivity index (χ4v) is 1.98. The van der Waals surface area contributed by atoms with E-state index in [1.165, 1.54) is 7.11 Å². The number of aromatic nitrogens is 1. The van der Waals surface area contributed by atoms with E-state index >= 15 is 0 Å². The highest BCUT2D eigenvalue weighted by Crippen LogP contribution is 2.27. The monoisotopic (exact) mass is 299 g/mol. The molecule has 0 saturated carbocycles. The number of carbonyl (C=O) groups is 2. The summed E-state index contributed by atoms with van der Waals surface area (Å²) < 4.78 is 4.65. The lowest BCUT2D eigenvalue weighted by molar-refractivity contribution is 0.0600. The molecule has 0 atom stereocenters. The number of methoxy groups -OCH3 is 1. The smallest absolute Gasteiger partial charge is 0.337 e. The van der Waals surface area contributed by atoms with E-state index in [9.17, 15) is 9.59 Å². The Hall–Kier alpha value is -2.89. The lowest BCUT2D eigenvalue weighted by atomic mass is 10.1. The first-order valence-corrected chi connectivity index (χ1v) is 6.81. The van der Waals surface area contributed by atoms with Crippen LogP contribution in [0.2, 0.25) is 0 Å². The van der Waals surface area contributed by atoms with Crippen LogP contribution >= 0.6 is 0 Å². The summed E-state index contributed by atoms with van der Waals surface area (Å²) >= 11 is 0. The van der Waals surface area contributed by atoms with Crippen molar-refractivity contribution in [2.24, 2.45) is 10.7 Å². The van der Waals surface area contributed by atoms with E-state index in [2.05, 4.69) is 14.7 Å². The number of amides is 1. The number of aliphatic imine (C=N–C) groups is 1. The summed E-state index contributed by atoms with van der Waals surface area (Å²) in [6.45, 7) is 1.95. The zero-order chi connectivity index (χ0) is 16.1. The van der Waals surface area contributed by atoms with Gasteiger partial charge in [-0.15, -0.1) is 0 Å². The highest BCUT2D eigenvalue weighted by atomic mass is 16.5.